The van der Waals surface area contributed by atoms with Gasteiger partial charge in [-0.3, -0.25) is 9.36 Å². The molecule has 3 aromatic carbocycles. The zero-order chi connectivity index (χ0) is 21.9. The van der Waals surface area contributed by atoms with E-state index in [1.165, 1.54) is 12.1 Å². The largest absolute Gasteiger partial charge is 0.481 e. The SMILES string of the molecule is Cc1cc2ccccc2c(-c2ccc(F)cc2)c1CCP(=O)(O)C[C@@H](O)CC(=O)O. The first-order chi connectivity index (χ1) is 14.2. The van der Waals surface area contributed by atoms with Crippen molar-refractivity contribution < 1.29 is 28.9 Å². The van der Waals surface area contributed by atoms with Crippen molar-refractivity contribution in [1.29, 1.82) is 0 Å². The van der Waals surface area contributed by atoms with Crippen LogP contribution in [0.25, 0.3) is 21.9 Å². The van der Waals surface area contributed by atoms with Crippen molar-refractivity contribution in [2.24, 2.45) is 0 Å². The van der Waals surface area contributed by atoms with Gasteiger partial charge in [-0.1, -0.05) is 42.5 Å². The highest BCUT2D eigenvalue weighted by Gasteiger charge is 2.25. The van der Waals surface area contributed by atoms with Crippen LogP contribution in [0.3, 0.4) is 0 Å². The van der Waals surface area contributed by atoms with Crippen molar-refractivity contribution in [3.63, 3.8) is 0 Å². The maximum Gasteiger partial charge on any atom is 0.305 e. The minimum atomic E-state index is -3.74. The molecule has 0 amide bonds. The fourth-order valence-electron chi connectivity index (χ4n) is 3.77. The normalized spacial score (nSPS) is 14.4. The zero-order valence-electron chi connectivity index (χ0n) is 16.6. The van der Waals surface area contributed by atoms with Crippen molar-refractivity contribution in [1.82, 2.24) is 0 Å². The zero-order valence-corrected chi connectivity index (χ0v) is 17.5. The molecule has 158 valence electrons. The van der Waals surface area contributed by atoms with Crippen molar-refractivity contribution in [2.75, 3.05) is 12.3 Å². The number of aliphatic hydroxyl groups is 1. The van der Waals surface area contributed by atoms with E-state index in [0.717, 1.165) is 33.0 Å². The van der Waals surface area contributed by atoms with E-state index in [4.69, 9.17) is 5.11 Å². The Morgan fingerprint density at radius 1 is 1.13 bits per heavy atom. The number of halogens is 1. The van der Waals surface area contributed by atoms with E-state index in [1.807, 2.05) is 37.3 Å². The van der Waals surface area contributed by atoms with E-state index < -0.39 is 32.0 Å². The second kappa shape index (κ2) is 9.09. The highest BCUT2D eigenvalue weighted by Crippen LogP contribution is 2.44. The third-order valence-electron chi connectivity index (χ3n) is 5.13. The molecule has 0 aliphatic rings. The molecular weight excluding hydrogens is 406 g/mol. The lowest BCUT2D eigenvalue weighted by Crippen LogP contribution is -2.18. The maximum atomic E-state index is 13.5. The van der Waals surface area contributed by atoms with Crippen LogP contribution >= 0.6 is 7.37 Å². The minimum Gasteiger partial charge on any atom is -0.481 e. The Morgan fingerprint density at radius 2 is 1.80 bits per heavy atom. The lowest BCUT2D eigenvalue weighted by atomic mass is 9.89. The number of benzene rings is 3. The number of rotatable bonds is 8. The summed E-state index contributed by atoms with van der Waals surface area (Å²) in [5, 5.41) is 20.5. The van der Waals surface area contributed by atoms with Crippen LogP contribution in [-0.2, 0) is 15.8 Å². The van der Waals surface area contributed by atoms with Crippen LogP contribution in [0, 0.1) is 12.7 Å². The first-order valence-electron chi connectivity index (χ1n) is 9.64. The van der Waals surface area contributed by atoms with Crippen LogP contribution in [0.4, 0.5) is 4.39 Å². The summed E-state index contributed by atoms with van der Waals surface area (Å²) in [6, 6.07) is 16.0. The van der Waals surface area contributed by atoms with Gasteiger partial charge in [0.15, 0.2) is 0 Å². The van der Waals surface area contributed by atoms with Crippen LogP contribution in [0.2, 0.25) is 0 Å². The molecule has 0 aliphatic heterocycles. The monoisotopic (exact) mass is 430 g/mol. The van der Waals surface area contributed by atoms with Gasteiger partial charge in [0.05, 0.1) is 18.7 Å². The van der Waals surface area contributed by atoms with E-state index >= 15 is 0 Å². The third-order valence-corrected chi connectivity index (χ3v) is 7.04. The van der Waals surface area contributed by atoms with Gasteiger partial charge < -0.3 is 15.1 Å². The number of aryl methyl sites for hydroxylation is 1. The summed E-state index contributed by atoms with van der Waals surface area (Å²) < 4.78 is 26.1. The molecule has 0 radical (unpaired) electrons. The molecule has 0 aromatic heterocycles. The Hall–Kier alpha value is -2.53. The highest BCUT2D eigenvalue weighted by atomic mass is 31.2. The van der Waals surface area contributed by atoms with Crippen molar-refractivity contribution in [3.05, 3.63) is 71.5 Å². The molecule has 1 unspecified atom stereocenters. The molecule has 0 fully saturated rings. The van der Waals surface area contributed by atoms with Crippen LogP contribution in [-0.4, -0.2) is 39.5 Å². The summed E-state index contributed by atoms with van der Waals surface area (Å²) in [5.74, 6) is -1.56. The molecule has 2 atom stereocenters. The first-order valence-corrected chi connectivity index (χ1v) is 11.7. The van der Waals surface area contributed by atoms with Gasteiger partial charge in [0.1, 0.15) is 5.82 Å². The average molecular weight is 430 g/mol. The van der Waals surface area contributed by atoms with Gasteiger partial charge in [-0.05, 0) is 58.5 Å². The molecule has 0 aliphatic carbocycles. The second-order valence-electron chi connectivity index (χ2n) is 7.53. The van der Waals surface area contributed by atoms with Gasteiger partial charge in [-0.25, -0.2) is 4.39 Å². The van der Waals surface area contributed by atoms with E-state index in [2.05, 4.69) is 0 Å². The van der Waals surface area contributed by atoms with Crippen LogP contribution in [0.1, 0.15) is 17.5 Å². The average Bonchev–Trinajstić information content (AvgIpc) is 2.65. The molecule has 0 bridgehead atoms. The lowest BCUT2D eigenvalue weighted by molar-refractivity contribution is -0.138. The molecule has 0 saturated carbocycles. The van der Waals surface area contributed by atoms with E-state index in [9.17, 15) is 23.7 Å². The number of carbonyl (C=O) groups is 1. The highest BCUT2D eigenvalue weighted by molar-refractivity contribution is 7.58. The molecule has 30 heavy (non-hydrogen) atoms. The first kappa shape index (κ1) is 22.2. The number of hydrogen-bond acceptors (Lipinski definition) is 3. The predicted molar refractivity (Wildman–Crippen MR) is 116 cm³/mol. The summed E-state index contributed by atoms with van der Waals surface area (Å²) >= 11 is 0. The standard InChI is InChI=1S/C23H24FO5P/c1-15-12-17-4-2-3-5-21(17)23(16-6-8-18(24)9-7-16)20(15)10-11-30(28,29)14-19(25)13-22(26)27/h2-9,12,19,25H,10-11,13-14H2,1H3,(H,26,27)(H,28,29)/t19-/m0/s1. The molecular formula is C23H24FO5P. The van der Waals surface area contributed by atoms with Crippen LogP contribution in [0.5, 0.6) is 0 Å². The fourth-order valence-corrected chi connectivity index (χ4v) is 5.32. The molecule has 5 nitrogen and oxygen atoms in total. The lowest BCUT2D eigenvalue weighted by Gasteiger charge is -2.19. The van der Waals surface area contributed by atoms with Gasteiger partial charge in [-0.15, -0.1) is 0 Å². The third kappa shape index (κ3) is 5.33. The Balaban J connectivity index is 1.98. The Labute approximate surface area is 174 Å². The second-order valence-corrected chi connectivity index (χ2v) is 10.0. The number of aliphatic carboxylic acids is 1. The fraction of sp³-hybridized carbons (Fsp3) is 0.261. The topological polar surface area (TPSA) is 94.8 Å². The van der Waals surface area contributed by atoms with Crippen molar-refractivity contribution in [2.45, 2.75) is 25.9 Å². The molecule has 3 aromatic rings. The Morgan fingerprint density at radius 3 is 2.47 bits per heavy atom. The molecule has 3 rings (SSSR count). The summed E-state index contributed by atoms with van der Waals surface area (Å²) in [7, 11) is -3.74. The molecule has 0 spiro atoms. The van der Waals surface area contributed by atoms with Crippen molar-refractivity contribution >= 4 is 24.1 Å². The van der Waals surface area contributed by atoms with E-state index in [1.54, 1.807) is 12.1 Å². The number of fused-ring (bicyclic) bond motifs is 1. The molecule has 7 heteroatoms. The molecule has 0 saturated heterocycles. The number of carboxylic acids is 1. The number of carboxylic acid groups (broad SMARTS) is 1. The van der Waals surface area contributed by atoms with Gasteiger partial charge in [0, 0.05) is 6.16 Å². The van der Waals surface area contributed by atoms with Gasteiger partial charge in [-0.2, -0.15) is 0 Å². The van der Waals surface area contributed by atoms with E-state index in [-0.39, 0.29) is 18.4 Å². The molecule has 0 heterocycles. The maximum absolute atomic E-state index is 13.5. The van der Waals surface area contributed by atoms with Gasteiger partial charge in [0.2, 0.25) is 7.37 Å². The summed E-state index contributed by atoms with van der Waals surface area (Å²) in [6.07, 6.45) is -2.21. The van der Waals surface area contributed by atoms with Crippen LogP contribution < -0.4 is 0 Å². The van der Waals surface area contributed by atoms with E-state index in [0.29, 0.717) is 0 Å². The van der Waals surface area contributed by atoms with Crippen LogP contribution in [0.15, 0.2) is 54.6 Å². The summed E-state index contributed by atoms with van der Waals surface area (Å²) in [6.45, 7) is 1.93. The Bertz CT molecular complexity index is 1110. The quantitative estimate of drug-likeness (QED) is 0.454. The summed E-state index contributed by atoms with van der Waals surface area (Å²) in [5.41, 5.74) is 3.52. The van der Waals surface area contributed by atoms with Gasteiger partial charge in [0.25, 0.3) is 0 Å². The predicted octanol–water partition coefficient (Wildman–Crippen LogP) is 4.60. The van der Waals surface area contributed by atoms with Gasteiger partial charge >= 0.3 is 5.97 Å². The van der Waals surface area contributed by atoms with Crippen molar-refractivity contribution in [3.8, 4) is 11.1 Å². The minimum absolute atomic E-state index is 0.0863. The smallest absolute Gasteiger partial charge is 0.305 e. The number of hydrogen-bond donors (Lipinski definition) is 3. The Kier molecular flexibility index (Phi) is 6.71. The summed E-state index contributed by atoms with van der Waals surface area (Å²) in [4.78, 5) is 21.0. The number of aliphatic hydroxyl groups excluding tert-OH is 1. The molecule has 3 N–H and O–H groups in total.